The number of aromatic nitrogens is 1. The highest BCUT2D eigenvalue weighted by Gasteiger charge is 2.22. The zero-order valence-corrected chi connectivity index (χ0v) is 18.9. The maximum atomic E-state index is 12.3. The first kappa shape index (κ1) is 24.2. The summed E-state index contributed by atoms with van der Waals surface area (Å²) in [6.07, 6.45) is -0.249. The molecule has 5 amide bonds. The van der Waals surface area contributed by atoms with Gasteiger partial charge in [0, 0.05) is 17.9 Å². The van der Waals surface area contributed by atoms with Crippen LogP contribution in [0.3, 0.4) is 0 Å². The van der Waals surface area contributed by atoms with E-state index in [4.69, 9.17) is 10.8 Å². The Hall–Kier alpha value is -4.45. The van der Waals surface area contributed by atoms with Crippen LogP contribution in [0, 0.1) is 6.92 Å². The van der Waals surface area contributed by atoms with Crippen molar-refractivity contribution in [2.24, 2.45) is 5.73 Å². The third-order valence-corrected chi connectivity index (χ3v) is 5.46. The quantitative estimate of drug-likeness (QED) is 0.286. The molecule has 0 atom stereocenters. The lowest BCUT2D eigenvalue weighted by Gasteiger charge is -2.11. The number of benzene rings is 2. The summed E-state index contributed by atoms with van der Waals surface area (Å²) in [5, 5.41) is 18.9. The summed E-state index contributed by atoms with van der Waals surface area (Å²) in [5.41, 5.74) is 8.13. The summed E-state index contributed by atoms with van der Waals surface area (Å²) in [4.78, 5) is 47.4. The Labute approximate surface area is 198 Å². The minimum atomic E-state index is -1.06. The van der Waals surface area contributed by atoms with Crippen LogP contribution in [0.4, 0.5) is 26.8 Å². The molecule has 3 aromatic rings. The molecule has 0 aliphatic heterocycles. The third kappa shape index (κ3) is 6.29. The van der Waals surface area contributed by atoms with Crippen LogP contribution >= 0.6 is 11.5 Å². The lowest BCUT2D eigenvalue weighted by Crippen LogP contribution is -2.31. The summed E-state index contributed by atoms with van der Waals surface area (Å²) in [6.45, 7) is 1.71. The second kappa shape index (κ2) is 10.9. The fourth-order valence-electron chi connectivity index (χ4n) is 2.99. The van der Waals surface area contributed by atoms with Crippen LogP contribution in [0.1, 0.15) is 22.3 Å². The van der Waals surface area contributed by atoms with Crippen LogP contribution in [-0.2, 0) is 4.79 Å². The van der Waals surface area contributed by atoms with Gasteiger partial charge in [0.05, 0.1) is 11.3 Å². The monoisotopic (exact) mass is 482 g/mol. The Balaban J connectivity index is 1.74. The molecule has 176 valence electrons. The van der Waals surface area contributed by atoms with Crippen molar-refractivity contribution in [2.45, 2.75) is 13.3 Å². The maximum Gasteiger partial charge on any atom is 0.323 e. The van der Waals surface area contributed by atoms with Crippen LogP contribution in [0.5, 0.6) is 0 Å². The Morgan fingerprint density at radius 1 is 1.00 bits per heavy atom. The van der Waals surface area contributed by atoms with Crippen molar-refractivity contribution in [3.05, 3.63) is 59.7 Å². The van der Waals surface area contributed by atoms with Crippen LogP contribution in [0.15, 0.2) is 48.5 Å². The molecule has 0 aliphatic carbocycles. The predicted octanol–water partition coefficient (Wildman–Crippen LogP) is 3.46. The van der Waals surface area contributed by atoms with Gasteiger partial charge in [-0.2, -0.15) is 4.37 Å². The summed E-state index contributed by atoms with van der Waals surface area (Å²) in [7, 11) is 0. The number of carbonyl (C=O) groups is 4. The van der Waals surface area contributed by atoms with Gasteiger partial charge in [0.25, 0.3) is 5.91 Å². The number of carboxylic acids is 1. The second-order valence-electron chi connectivity index (χ2n) is 7.10. The van der Waals surface area contributed by atoms with E-state index in [9.17, 15) is 19.2 Å². The van der Waals surface area contributed by atoms with Gasteiger partial charge in [0.1, 0.15) is 5.56 Å². The fourth-order valence-corrected chi connectivity index (χ4v) is 3.83. The molecular weight excluding hydrogens is 460 g/mol. The average molecular weight is 483 g/mol. The van der Waals surface area contributed by atoms with E-state index in [1.165, 1.54) is 0 Å². The molecule has 0 unspecified atom stereocenters. The highest BCUT2D eigenvalue weighted by molar-refractivity contribution is 7.10. The molecule has 0 fully saturated rings. The Morgan fingerprint density at radius 3 is 2.38 bits per heavy atom. The van der Waals surface area contributed by atoms with Gasteiger partial charge in [-0.3, -0.25) is 14.9 Å². The number of anilines is 3. The van der Waals surface area contributed by atoms with Crippen molar-refractivity contribution in [1.82, 2.24) is 9.69 Å². The van der Waals surface area contributed by atoms with E-state index in [0.29, 0.717) is 21.8 Å². The highest BCUT2D eigenvalue weighted by Crippen LogP contribution is 2.34. The summed E-state index contributed by atoms with van der Waals surface area (Å²) in [6, 6.07) is 13.0. The van der Waals surface area contributed by atoms with Gasteiger partial charge in [-0.05, 0) is 53.8 Å². The van der Waals surface area contributed by atoms with Gasteiger partial charge in [-0.1, -0.05) is 24.3 Å². The number of aryl methyl sites for hydroxylation is 1. The lowest BCUT2D eigenvalue weighted by atomic mass is 10.1. The fraction of sp³-hybridized carbons (Fsp3) is 0.136. The maximum absolute atomic E-state index is 12.3. The van der Waals surface area contributed by atoms with Gasteiger partial charge in [-0.15, -0.1) is 0 Å². The first-order valence-electron chi connectivity index (χ1n) is 10.0. The molecule has 0 bridgehead atoms. The minimum Gasteiger partial charge on any atom is -0.481 e. The van der Waals surface area contributed by atoms with Gasteiger partial charge in [-0.25, -0.2) is 9.59 Å². The second-order valence-corrected chi connectivity index (χ2v) is 7.87. The molecular formula is C22H22N6O5S. The van der Waals surface area contributed by atoms with Gasteiger partial charge < -0.3 is 26.8 Å². The van der Waals surface area contributed by atoms with E-state index in [0.717, 1.165) is 17.1 Å². The van der Waals surface area contributed by atoms with E-state index < -0.39 is 23.9 Å². The molecule has 2 aromatic carbocycles. The van der Waals surface area contributed by atoms with Crippen LogP contribution in [0.2, 0.25) is 0 Å². The van der Waals surface area contributed by atoms with E-state index in [1.807, 2.05) is 18.2 Å². The average Bonchev–Trinajstić information content (AvgIpc) is 3.19. The number of primary amides is 1. The smallest absolute Gasteiger partial charge is 0.323 e. The van der Waals surface area contributed by atoms with Crippen molar-refractivity contribution in [1.29, 1.82) is 0 Å². The van der Waals surface area contributed by atoms with Crippen molar-refractivity contribution < 1.29 is 24.3 Å². The van der Waals surface area contributed by atoms with Gasteiger partial charge >= 0.3 is 18.0 Å². The van der Waals surface area contributed by atoms with Crippen molar-refractivity contribution in [3.8, 4) is 10.4 Å². The largest absolute Gasteiger partial charge is 0.481 e. The minimum absolute atomic E-state index is 0.0255. The van der Waals surface area contributed by atoms with Crippen molar-refractivity contribution in [2.75, 3.05) is 22.5 Å². The number of nitrogens with zero attached hydrogens (tertiary/aromatic N) is 1. The lowest BCUT2D eigenvalue weighted by molar-refractivity contribution is -0.136. The first-order valence-corrected chi connectivity index (χ1v) is 10.8. The Morgan fingerprint density at radius 2 is 1.74 bits per heavy atom. The van der Waals surface area contributed by atoms with E-state index >= 15 is 0 Å². The molecule has 0 saturated heterocycles. The molecule has 11 nitrogen and oxygen atoms in total. The highest BCUT2D eigenvalue weighted by atomic mass is 32.1. The third-order valence-electron chi connectivity index (χ3n) is 4.56. The SMILES string of the molecule is Cc1cc(-c2snc(NC(=O)NCCC(=O)O)c2C(N)=O)ccc1NC(=O)Nc1ccccc1. The summed E-state index contributed by atoms with van der Waals surface area (Å²) >= 11 is 0.971. The van der Waals surface area contributed by atoms with E-state index in [-0.39, 0.29) is 24.3 Å². The topological polar surface area (TPSA) is 176 Å². The number of amides is 5. The number of carbonyl (C=O) groups excluding carboxylic acids is 3. The number of nitrogens with two attached hydrogens (primary N) is 1. The zero-order chi connectivity index (χ0) is 24.7. The number of carboxylic acid groups (broad SMARTS) is 1. The molecule has 34 heavy (non-hydrogen) atoms. The Bertz CT molecular complexity index is 1230. The first-order chi connectivity index (χ1) is 16.2. The molecule has 1 aromatic heterocycles. The number of aliphatic carboxylic acids is 1. The van der Waals surface area contributed by atoms with E-state index in [2.05, 4.69) is 25.6 Å². The molecule has 0 saturated carbocycles. The number of rotatable bonds is 8. The van der Waals surface area contributed by atoms with Crippen molar-refractivity contribution in [3.63, 3.8) is 0 Å². The van der Waals surface area contributed by atoms with Crippen molar-refractivity contribution >= 4 is 52.7 Å². The summed E-state index contributed by atoms with van der Waals surface area (Å²) < 4.78 is 4.12. The molecule has 7 N–H and O–H groups in total. The molecule has 0 radical (unpaired) electrons. The Kier molecular flexibility index (Phi) is 7.77. The molecule has 3 rings (SSSR count). The van der Waals surface area contributed by atoms with Crippen LogP contribution in [-0.4, -0.2) is 40.0 Å². The normalized spacial score (nSPS) is 10.3. The van der Waals surface area contributed by atoms with E-state index in [1.54, 1.807) is 37.3 Å². The number of para-hydroxylation sites is 1. The predicted molar refractivity (Wildman–Crippen MR) is 129 cm³/mol. The number of urea groups is 2. The number of hydrogen-bond acceptors (Lipinski definition) is 6. The summed E-state index contributed by atoms with van der Waals surface area (Å²) in [5.74, 6) is -1.87. The molecule has 12 heteroatoms. The molecule has 1 heterocycles. The zero-order valence-electron chi connectivity index (χ0n) is 18.0. The van der Waals surface area contributed by atoms with Crippen LogP contribution < -0.4 is 27.0 Å². The van der Waals surface area contributed by atoms with Crippen LogP contribution in [0.25, 0.3) is 10.4 Å². The van der Waals surface area contributed by atoms with Gasteiger partial charge in [0.2, 0.25) is 0 Å². The molecule has 0 aliphatic rings. The van der Waals surface area contributed by atoms with Gasteiger partial charge in [0.15, 0.2) is 5.82 Å². The molecule has 0 spiro atoms. The standard InChI is InChI=1S/C22H22N6O5S/c1-12-11-13(7-8-15(12)26-22(33)25-14-5-3-2-4-6-14)18-17(19(23)31)20(28-34-18)27-21(32)24-10-9-16(29)30/h2-8,11H,9-10H2,1H3,(H2,23,31)(H,29,30)(H2,25,26,33)(H2,24,27,28,32). The number of nitrogens with one attached hydrogen (secondary N) is 4. The number of hydrogen-bond donors (Lipinski definition) is 6.